The normalized spacial score (nSPS) is 9.69. The first kappa shape index (κ1) is 9.92. The smallest absolute Gasteiger partial charge is 0.336 e. The van der Waals surface area contributed by atoms with E-state index in [0.29, 0.717) is 16.2 Å². The zero-order valence-electron chi connectivity index (χ0n) is 7.40. The maximum atomic E-state index is 10.7. The Bertz CT molecular complexity index is 323. The molecule has 0 aliphatic heterocycles. The van der Waals surface area contributed by atoms with Crippen molar-refractivity contribution < 1.29 is 14.6 Å². The van der Waals surface area contributed by atoms with Gasteiger partial charge in [-0.3, -0.25) is 0 Å². The summed E-state index contributed by atoms with van der Waals surface area (Å²) in [7, 11) is 1.56. The Morgan fingerprint density at radius 2 is 2.23 bits per heavy atom. The lowest BCUT2D eigenvalue weighted by molar-refractivity contribution is 0.0693. The van der Waals surface area contributed by atoms with E-state index >= 15 is 0 Å². The maximum Gasteiger partial charge on any atom is 0.336 e. The second-order valence-electron chi connectivity index (χ2n) is 2.37. The molecular formula is C9H10O3S. The Balaban J connectivity index is 3.15. The number of ether oxygens (including phenoxy) is 1. The summed E-state index contributed by atoms with van der Waals surface area (Å²) < 4.78 is 4.99. The first-order chi connectivity index (χ1) is 6.19. The molecule has 0 radical (unpaired) electrons. The van der Waals surface area contributed by atoms with E-state index in [1.54, 1.807) is 25.3 Å². The van der Waals surface area contributed by atoms with Crippen LogP contribution in [0.1, 0.15) is 10.4 Å². The van der Waals surface area contributed by atoms with Crippen molar-refractivity contribution in [2.45, 2.75) is 4.90 Å². The standard InChI is InChI=1S/C9H10O3S/c1-12-6-3-4-7(9(10)11)8(5-6)13-2/h3-5H,1-2H3,(H,10,11). The van der Waals surface area contributed by atoms with Gasteiger partial charge in [-0.05, 0) is 24.5 Å². The molecule has 0 aromatic heterocycles. The van der Waals surface area contributed by atoms with E-state index in [9.17, 15) is 4.79 Å². The molecule has 0 aliphatic rings. The van der Waals surface area contributed by atoms with E-state index in [1.165, 1.54) is 11.8 Å². The van der Waals surface area contributed by atoms with Gasteiger partial charge in [-0.15, -0.1) is 11.8 Å². The molecule has 0 saturated carbocycles. The minimum absolute atomic E-state index is 0.313. The number of aromatic carboxylic acids is 1. The summed E-state index contributed by atoms with van der Waals surface area (Å²) in [4.78, 5) is 11.4. The van der Waals surface area contributed by atoms with Crippen molar-refractivity contribution >= 4 is 17.7 Å². The molecular weight excluding hydrogens is 188 g/mol. The molecule has 0 aliphatic carbocycles. The molecule has 0 bridgehead atoms. The summed E-state index contributed by atoms with van der Waals surface area (Å²) in [5, 5.41) is 8.81. The summed E-state index contributed by atoms with van der Waals surface area (Å²) in [5.74, 6) is -0.235. The number of hydrogen-bond acceptors (Lipinski definition) is 3. The van der Waals surface area contributed by atoms with E-state index < -0.39 is 5.97 Å². The zero-order chi connectivity index (χ0) is 9.84. The number of carboxylic acid groups (broad SMARTS) is 1. The fourth-order valence-electron chi connectivity index (χ4n) is 0.975. The Labute approximate surface area is 80.7 Å². The van der Waals surface area contributed by atoms with E-state index in [2.05, 4.69) is 0 Å². The van der Waals surface area contributed by atoms with Gasteiger partial charge in [0.05, 0.1) is 12.7 Å². The van der Waals surface area contributed by atoms with Gasteiger partial charge in [0.2, 0.25) is 0 Å². The average Bonchev–Trinajstić information content (AvgIpc) is 2.16. The molecule has 13 heavy (non-hydrogen) atoms. The Morgan fingerprint density at radius 3 is 2.69 bits per heavy atom. The summed E-state index contributed by atoms with van der Waals surface area (Å²) in [6, 6.07) is 4.91. The van der Waals surface area contributed by atoms with Crippen LogP contribution in [0.15, 0.2) is 23.1 Å². The minimum atomic E-state index is -0.910. The highest BCUT2D eigenvalue weighted by Crippen LogP contribution is 2.25. The van der Waals surface area contributed by atoms with Crippen molar-refractivity contribution in [1.29, 1.82) is 0 Å². The Morgan fingerprint density at radius 1 is 1.54 bits per heavy atom. The zero-order valence-corrected chi connectivity index (χ0v) is 8.22. The quantitative estimate of drug-likeness (QED) is 0.756. The molecule has 0 unspecified atom stereocenters. The molecule has 0 atom stereocenters. The van der Waals surface area contributed by atoms with Gasteiger partial charge in [0.15, 0.2) is 0 Å². The fraction of sp³-hybridized carbons (Fsp3) is 0.222. The summed E-state index contributed by atoms with van der Waals surface area (Å²) in [6.45, 7) is 0. The largest absolute Gasteiger partial charge is 0.497 e. The number of thioether (sulfide) groups is 1. The van der Waals surface area contributed by atoms with Gasteiger partial charge in [0, 0.05) is 4.90 Å². The molecule has 0 fully saturated rings. The van der Waals surface area contributed by atoms with Gasteiger partial charge in [-0.1, -0.05) is 0 Å². The van der Waals surface area contributed by atoms with Gasteiger partial charge in [0.1, 0.15) is 5.75 Å². The first-order valence-corrected chi connectivity index (χ1v) is 4.87. The van der Waals surface area contributed by atoms with Gasteiger partial charge < -0.3 is 9.84 Å². The van der Waals surface area contributed by atoms with Gasteiger partial charge in [-0.25, -0.2) is 4.79 Å². The third-order valence-electron chi connectivity index (χ3n) is 1.64. The maximum absolute atomic E-state index is 10.7. The highest BCUT2D eigenvalue weighted by molar-refractivity contribution is 7.98. The van der Waals surface area contributed by atoms with Crippen LogP contribution in [0.2, 0.25) is 0 Å². The van der Waals surface area contributed by atoms with Crippen molar-refractivity contribution in [2.75, 3.05) is 13.4 Å². The monoisotopic (exact) mass is 198 g/mol. The highest BCUT2D eigenvalue weighted by atomic mass is 32.2. The van der Waals surface area contributed by atoms with E-state index in [4.69, 9.17) is 9.84 Å². The minimum Gasteiger partial charge on any atom is -0.497 e. The van der Waals surface area contributed by atoms with Crippen LogP contribution >= 0.6 is 11.8 Å². The Kier molecular flexibility index (Phi) is 3.19. The molecule has 1 aromatic carbocycles. The number of rotatable bonds is 3. The van der Waals surface area contributed by atoms with Gasteiger partial charge in [-0.2, -0.15) is 0 Å². The van der Waals surface area contributed by atoms with Crippen molar-refractivity contribution in [2.24, 2.45) is 0 Å². The fourth-order valence-corrected chi connectivity index (χ4v) is 1.58. The molecule has 4 heteroatoms. The van der Waals surface area contributed by atoms with Gasteiger partial charge in [0.25, 0.3) is 0 Å². The molecule has 0 saturated heterocycles. The number of carboxylic acids is 1. The predicted molar refractivity (Wildman–Crippen MR) is 51.7 cm³/mol. The third-order valence-corrected chi connectivity index (χ3v) is 2.42. The summed E-state index contributed by atoms with van der Waals surface area (Å²) in [6.07, 6.45) is 1.83. The summed E-state index contributed by atoms with van der Waals surface area (Å²) in [5.41, 5.74) is 0.313. The average molecular weight is 198 g/mol. The summed E-state index contributed by atoms with van der Waals surface area (Å²) >= 11 is 1.39. The van der Waals surface area contributed by atoms with Crippen LogP contribution in [-0.2, 0) is 0 Å². The van der Waals surface area contributed by atoms with E-state index in [-0.39, 0.29) is 0 Å². The van der Waals surface area contributed by atoms with Crippen LogP contribution < -0.4 is 4.74 Å². The van der Waals surface area contributed by atoms with Crippen molar-refractivity contribution in [1.82, 2.24) is 0 Å². The molecule has 3 nitrogen and oxygen atoms in total. The lowest BCUT2D eigenvalue weighted by Gasteiger charge is -2.05. The number of benzene rings is 1. The van der Waals surface area contributed by atoms with E-state index in [0.717, 1.165) is 0 Å². The SMILES string of the molecule is COc1ccc(C(=O)O)c(SC)c1. The molecule has 0 heterocycles. The number of hydrogen-bond donors (Lipinski definition) is 1. The highest BCUT2D eigenvalue weighted by Gasteiger charge is 2.09. The van der Waals surface area contributed by atoms with E-state index in [1.807, 2.05) is 6.26 Å². The lowest BCUT2D eigenvalue weighted by atomic mass is 10.2. The van der Waals surface area contributed by atoms with Crippen LogP contribution in [0, 0.1) is 0 Å². The molecule has 0 spiro atoms. The molecule has 1 aromatic rings. The lowest BCUT2D eigenvalue weighted by Crippen LogP contribution is -1.98. The number of carbonyl (C=O) groups is 1. The van der Waals surface area contributed by atoms with Crippen LogP contribution in [0.5, 0.6) is 5.75 Å². The van der Waals surface area contributed by atoms with Crippen LogP contribution in [0.3, 0.4) is 0 Å². The predicted octanol–water partition coefficient (Wildman–Crippen LogP) is 2.12. The third kappa shape index (κ3) is 2.15. The first-order valence-electron chi connectivity index (χ1n) is 3.64. The van der Waals surface area contributed by atoms with Crippen LogP contribution in [-0.4, -0.2) is 24.4 Å². The topological polar surface area (TPSA) is 46.5 Å². The van der Waals surface area contributed by atoms with Crippen molar-refractivity contribution in [3.63, 3.8) is 0 Å². The van der Waals surface area contributed by atoms with Crippen LogP contribution in [0.25, 0.3) is 0 Å². The second kappa shape index (κ2) is 4.18. The molecule has 0 amide bonds. The molecule has 70 valence electrons. The Hall–Kier alpha value is -1.16. The van der Waals surface area contributed by atoms with Crippen molar-refractivity contribution in [3.05, 3.63) is 23.8 Å². The van der Waals surface area contributed by atoms with Gasteiger partial charge >= 0.3 is 5.97 Å². The van der Waals surface area contributed by atoms with Crippen LogP contribution in [0.4, 0.5) is 0 Å². The number of methoxy groups -OCH3 is 1. The van der Waals surface area contributed by atoms with Crippen molar-refractivity contribution in [3.8, 4) is 5.75 Å². The molecule has 1 N–H and O–H groups in total. The molecule has 1 rings (SSSR count). The second-order valence-corrected chi connectivity index (χ2v) is 3.22.